The lowest BCUT2D eigenvalue weighted by molar-refractivity contribution is 1.12. The van der Waals surface area contributed by atoms with E-state index in [1.165, 1.54) is 21.5 Å². The highest BCUT2D eigenvalue weighted by Crippen LogP contribution is 2.27. The number of aromatic nitrogens is 2. The van der Waals surface area contributed by atoms with Gasteiger partial charge in [0.05, 0.1) is 5.69 Å². The maximum Gasteiger partial charge on any atom is 0.160 e. The van der Waals surface area contributed by atoms with E-state index in [-0.39, 0.29) is 0 Å². The Hall–Kier alpha value is -3.52. The van der Waals surface area contributed by atoms with E-state index in [4.69, 9.17) is 4.98 Å². The maximum absolute atomic E-state index is 4.88. The smallest absolute Gasteiger partial charge is 0.160 e. The Morgan fingerprint density at radius 3 is 1.74 bits per heavy atom. The maximum atomic E-state index is 4.88. The highest BCUT2D eigenvalue weighted by Gasteiger charge is 2.08. The predicted molar refractivity (Wildman–Crippen MR) is 113 cm³/mol. The molecule has 0 saturated carbocycles. The second kappa shape index (κ2) is 6.33. The van der Waals surface area contributed by atoms with Crippen LogP contribution in [0.4, 0.5) is 0 Å². The fourth-order valence-corrected chi connectivity index (χ4v) is 3.52. The van der Waals surface area contributed by atoms with Crippen LogP contribution in [0.15, 0.2) is 91.0 Å². The Morgan fingerprint density at radius 2 is 1.07 bits per heavy atom. The third-order valence-corrected chi connectivity index (χ3v) is 4.91. The van der Waals surface area contributed by atoms with Crippen molar-refractivity contribution in [3.63, 3.8) is 0 Å². The molecule has 0 spiro atoms. The van der Waals surface area contributed by atoms with Crippen molar-refractivity contribution in [1.82, 2.24) is 9.97 Å². The van der Waals surface area contributed by atoms with Crippen LogP contribution >= 0.6 is 0 Å². The highest BCUT2D eigenvalue weighted by atomic mass is 14.9. The number of hydrogen-bond acceptors (Lipinski definition) is 2. The van der Waals surface area contributed by atoms with Crippen molar-refractivity contribution in [2.75, 3.05) is 0 Å². The molecule has 0 aliphatic carbocycles. The molecule has 4 aromatic carbocycles. The fraction of sp³-hybridized carbons (Fsp3) is 0.0400. The van der Waals surface area contributed by atoms with Crippen molar-refractivity contribution in [2.45, 2.75) is 6.92 Å². The van der Waals surface area contributed by atoms with Crippen molar-refractivity contribution in [3.05, 3.63) is 96.7 Å². The summed E-state index contributed by atoms with van der Waals surface area (Å²) < 4.78 is 0. The van der Waals surface area contributed by atoms with Gasteiger partial charge in [0.15, 0.2) is 5.82 Å². The first-order valence-electron chi connectivity index (χ1n) is 9.10. The molecule has 2 heteroatoms. The van der Waals surface area contributed by atoms with Gasteiger partial charge in [-0.3, -0.25) is 0 Å². The van der Waals surface area contributed by atoms with Crippen molar-refractivity contribution in [3.8, 4) is 22.6 Å². The Balaban J connectivity index is 1.64. The molecule has 0 saturated heterocycles. The van der Waals surface area contributed by atoms with Crippen LogP contribution in [0.25, 0.3) is 44.2 Å². The molecule has 0 aliphatic heterocycles. The van der Waals surface area contributed by atoms with Crippen LogP contribution in [0.3, 0.4) is 0 Å². The quantitative estimate of drug-likeness (QED) is 0.368. The van der Waals surface area contributed by atoms with Gasteiger partial charge in [0.25, 0.3) is 0 Å². The Labute approximate surface area is 158 Å². The normalized spacial score (nSPS) is 11.1. The minimum Gasteiger partial charge on any atom is -0.233 e. The molecule has 1 heterocycles. The van der Waals surface area contributed by atoms with Gasteiger partial charge >= 0.3 is 0 Å². The SMILES string of the molecule is Cc1cc(-c2ccc3ccccc3c2)nc(-c2ccc3ccccc3c2)n1. The molecule has 0 bridgehead atoms. The number of rotatable bonds is 2. The minimum absolute atomic E-state index is 0.768. The molecule has 0 unspecified atom stereocenters. The summed E-state index contributed by atoms with van der Waals surface area (Å²) in [6.07, 6.45) is 0. The molecule has 0 radical (unpaired) electrons. The minimum atomic E-state index is 0.768. The zero-order chi connectivity index (χ0) is 18.2. The lowest BCUT2D eigenvalue weighted by Gasteiger charge is -2.08. The van der Waals surface area contributed by atoms with Crippen LogP contribution in [0.2, 0.25) is 0 Å². The van der Waals surface area contributed by atoms with Gasteiger partial charge in [-0.15, -0.1) is 0 Å². The molecule has 1 aromatic heterocycles. The van der Waals surface area contributed by atoms with Gasteiger partial charge in [-0.05, 0) is 46.7 Å². The first-order valence-corrected chi connectivity index (χ1v) is 9.10. The number of benzene rings is 4. The lowest BCUT2D eigenvalue weighted by Crippen LogP contribution is -1.95. The Morgan fingerprint density at radius 1 is 0.519 bits per heavy atom. The standard InChI is InChI=1S/C25H18N2/c1-17-14-24(22-12-10-18-6-2-4-8-20(18)15-22)27-25(26-17)23-13-11-19-7-3-5-9-21(19)16-23/h2-16H,1H3. The summed E-state index contributed by atoms with van der Waals surface area (Å²) in [5.41, 5.74) is 4.08. The Kier molecular flexibility index (Phi) is 3.68. The molecular weight excluding hydrogens is 328 g/mol. The van der Waals surface area contributed by atoms with E-state index in [0.29, 0.717) is 0 Å². The summed E-state index contributed by atoms with van der Waals surface area (Å²) >= 11 is 0. The van der Waals surface area contributed by atoms with Gasteiger partial charge in [-0.25, -0.2) is 9.97 Å². The summed E-state index contributed by atoms with van der Waals surface area (Å²) in [6, 6.07) is 31.7. The van der Waals surface area contributed by atoms with Crippen molar-refractivity contribution in [2.24, 2.45) is 0 Å². The summed E-state index contributed by atoms with van der Waals surface area (Å²) in [7, 11) is 0. The third kappa shape index (κ3) is 2.96. The van der Waals surface area contributed by atoms with Crippen molar-refractivity contribution < 1.29 is 0 Å². The predicted octanol–water partition coefficient (Wildman–Crippen LogP) is 6.43. The van der Waals surface area contributed by atoms with Crippen LogP contribution in [-0.4, -0.2) is 9.97 Å². The number of fused-ring (bicyclic) bond motifs is 2. The van der Waals surface area contributed by atoms with Gasteiger partial charge < -0.3 is 0 Å². The zero-order valence-electron chi connectivity index (χ0n) is 15.1. The molecule has 128 valence electrons. The van der Waals surface area contributed by atoms with Gasteiger partial charge in [-0.1, -0.05) is 72.8 Å². The van der Waals surface area contributed by atoms with Crippen LogP contribution in [0.5, 0.6) is 0 Å². The van der Waals surface area contributed by atoms with Gasteiger partial charge in [0.2, 0.25) is 0 Å². The molecule has 5 rings (SSSR count). The van der Waals surface area contributed by atoms with Crippen LogP contribution in [0.1, 0.15) is 5.69 Å². The molecular formula is C25H18N2. The average Bonchev–Trinajstić information content (AvgIpc) is 2.72. The summed E-state index contributed by atoms with van der Waals surface area (Å²) in [5, 5.41) is 4.89. The molecule has 0 atom stereocenters. The fourth-order valence-electron chi connectivity index (χ4n) is 3.52. The third-order valence-electron chi connectivity index (χ3n) is 4.91. The number of aryl methyl sites for hydroxylation is 1. The van der Waals surface area contributed by atoms with E-state index in [1.54, 1.807) is 0 Å². The van der Waals surface area contributed by atoms with E-state index < -0.39 is 0 Å². The van der Waals surface area contributed by atoms with Crippen LogP contribution < -0.4 is 0 Å². The highest BCUT2D eigenvalue weighted by molar-refractivity contribution is 5.88. The van der Waals surface area contributed by atoms with Gasteiger partial charge in [0.1, 0.15) is 0 Å². The largest absolute Gasteiger partial charge is 0.233 e. The summed E-state index contributed by atoms with van der Waals surface area (Å²) in [5.74, 6) is 0.768. The molecule has 0 aliphatic rings. The zero-order valence-corrected chi connectivity index (χ0v) is 15.1. The molecule has 27 heavy (non-hydrogen) atoms. The number of nitrogens with zero attached hydrogens (tertiary/aromatic N) is 2. The molecule has 0 N–H and O–H groups in total. The number of hydrogen-bond donors (Lipinski definition) is 0. The molecule has 2 nitrogen and oxygen atoms in total. The molecule has 0 amide bonds. The summed E-state index contributed by atoms with van der Waals surface area (Å²) in [4.78, 5) is 9.56. The van der Waals surface area contributed by atoms with E-state index in [1.807, 2.05) is 6.92 Å². The lowest BCUT2D eigenvalue weighted by atomic mass is 10.0. The van der Waals surface area contributed by atoms with E-state index >= 15 is 0 Å². The monoisotopic (exact) mass is 346 g/mol. The molecule has 5 aromatic rings. The topological polar surface area (TPSA) is 25.8 Å². The first-order chi connectivity index (χ1) is 13.3. The van der Waals surface area contributed by atoms with Crippen LogP contribution in [-0.2, 0) is 0 Å². The molecule has 0 fully saturated rings. The first kappa shape index (κ1) is 15.7. The van der Waals surface area contributed by atoms with Crippen molar-refractivity contribution in [1.29, 1.82) is 0 Å². The summed E-state index contributed by atoms with van der Waals surface area (Å²) in [6.45, 7) is 2.02. The Bertz CT molecular complexity index is 1190. The van der Waals surface area contributed by atoms with Gasteiger partial charge in [-0.2, -0.15) is 0 Å². The van der Waals surface area contributed by atoms with E-state index in [0.717, 1.165) is 28.3 Å². The van der Waals surface area contributed by atoms with E-state index in [9.17, 15) is 0 Å². The van der Waals surface area contributed by atoms with Crippen LogP contribution in [0, 0.1) is 6.92 Å². The second-order valence-corrected chi connectivity index (χ2v) is 6.84. The average molecular weight is 346 g/mol. The second-order valence-electron chi connectivity index (χ2n) is 6.84. The van der Waals surface area contributed by atoms with Crippen molar-refractivity contribution >= 4 is 21.5 Å². The van der Waals surface area contributed by atoms with E-state index in [2.05, 4.69) is 96.0 Å². The van der Waals surface area contributed by atoms with Gasteiger partial charge in [0, 0.05) is 16.8 Å².